The molecule has 2 N–H and O–H groups in total. The highest BCUT2D eigenvalue weighted by molar-refractivity contribution is 7.99. The number of aromatic nitrogens is 2. The number of hydrogen-bond acceptors (Lipinski definition) is 4. The van der Waals surface area contributed by atoms with Crippen molar-refractivity contribution in [2.24, 2.45) is 5.73 Å². The van der Waals surface area contributed by atoms with E-state index in [1.807, 2.05) is 13.8 Å². The lowest BCUT2D eigenvalue weighted by molar-refractivity contribution is 0.577. The van der Waals surface area contributed by atoms with Crippen LogP contribution in [0.3, 0.4) is 0 Å². The molecule has 0 radical (unpaired) electrons. The number of rotatable bonds is 3. The van der Waals surface area contributed by atoms with Crippen LogP contribution in [0.25, 0.3) is 0 Å². The van der Waals surface area contributed by atoms with E-state index in [2.05, 4.69) is 10.2 Å². The van der Waals surface area contributed by atoms with E-state index < -0.39 is 11.6 Å². The van der Waals surface area contributed by atoms with Crippen molar-refractivity contribution in [3.63, 3.8) is 0 Å². The predicted octanol–water partition coefficient (Wildman–Crippen LogP) is 2.98. The number of benzene rings is 1. The summed E-state index contributed by atoms with van der Waals surface area (Å²) < 4.78 is 26.7. The quantitative estimate of drug-likeness (QED) is 0.939. The zero-order chi connectivity index (χ0) is 14.0. The molecule has 0 aliphatic carbocycles. The van der Waals surface area contributed by atoms with Gasteiger partial charge in [0.1, 0.15) is 16.7 Å². The minimum Gasteiger partial charge on any atom is -0.326 e. The van der Waals surface area contributed by atoms with E-state index in [0.717, 1.165) is 46.8 Å². The summed E-state index contributed by atoms with van der Waals surface area (Å²) in [6, 6.07) is 3.31. The van der Waals surface area contributed by atoms with Gasteiger partial charge in [-0.2, -0.15) is 5.10 Å². The van der Waals surface area contributed by atoms with E-state index >= 15 is 0 Å². The maximum Gasteiger partial charge on any atom is 0.137 e. The molecule has 0 saturated carbocycles. The lowest BCUT2D eigenvalue weighted by atomic mass is 10.1. The molecule has 2 aromatic rings. The van der Waals surface area contributed by atoms with E-state index in [9.17, 15) is 8.78 Å². The molecular formula is C13H13F2N3S. The van der Waals surface area contributed by atoms with Gasteiger partial charge in [0.25, 0.3) is 0 Å². The average Bonchev–Trinajstić information content (AvgIpc) is 2.38. The van der Waals surface area contributed by atoms with Crippen LogP contribution >= 0.6 is 11.8 Å². The minimum atomic E-state index is -0.491. The van der Waals surface area contributed by atoms with Gasteiger partial charge in [-0.25, -0.2) is 8.78 Å². The van der Waals surface area contributed by atoms with Gasteiger partial charge in [-0.05, 0) is 37.6 Å². The summed E-state index contributed by atoms with van der Waals surface area (Å²) in [5, 5.41) is 8.52. The third-order valence-electron chi connectivity index (χ3n) is 2.85. The molecule has 19 heavy (non-hydrogen) atoms. The molecule has 0 fully saturated rings. The lowest BCUT2D eigenvalue weighted by Gasteiger charge is -2.10. The van der Waals surface area contributed by atoms with E-state index in [1.165, 1.54) is 0 Å². The van der Waals surface area contributed by atoms with Crippen molar-refractivity contribution in [3.8, 4) is 0 Å². The van der Waals surface area contributed by atoms with E-state index in [4.69, 9.17) is 5.73 Å². The summed E-state index contributed by atoms with van der Waals surface area (Å²) in [5.41, 5.74) is 8.21. The molecule has 100 valence electrons. The molecule has 1 aromatic carbocycles. The topological polar surface area (TPSA) is 51.8 Å². The van der Waals surface area contributed by atoms with Crippen molar-refractivity contribution in [2.75, 3.05) is 0 Å². The summed E-state index contributed by atoms with van der Waals surface area (Å²) in [5.74, 6) is -0.982. The molecule has 2 rings (SSSR count). The average molecular weight is 281 g/mol. The Morgan fingerprint density at radius 1 is 1.21 bits per heavy atom. The SMILES string of the molecule is Cc1nnc(Sc2cc(F)ccc2F)c(CN)c1C. The number of nitrogens with zero attached hydrogens (tertiary/aromatic N) is 2. The second kappa shape index (κ2) is 5.63. The van der Waals surface area contributed by atoms with Crippen molar-refractivity contribution in [1.29, 1.82) is 0 Å². The molecule has 0 aliphatic heterocycles. The molecule has 0 unspecified atom stereocenters. The van der Waals surface area contributed by atoms with Crippen molar-refractivity contribution in [3.05, 3.63) is 46.7 Å². The zero-order valence-electron chi connectivity index (χ0n) is 10.6. The first-order chi connectivity index (χ1) is 9.02. The smallest absolute Gasteiger partial charge is 0.137 e. The van der Waals surface area contributed by atoms with Crippen molar-refractivity contribution < 1.29 is 8.78 Å². The molecular weight excluding hydrogens is 268 g/mol. The highest BCUT2D eigenvalue weighted by Crippen LogP contribution is 2.32. The zero-order valence-corrected chi connectivity index (χ0v) is 11.4. The van der Waals surface area contributed by atoms with Crippen molar-refractivity contribution >= 4 is 11.8 Å². The summed E-state index contributed by atoms with van der Waals surface area (Å²) in [6.45, 7) is 4.00. The van der Waals surface area contributed by atoms with E-state index in [0.29, 0.717) is 5.03 Å². The number of halogens is 2. The third-order valence-corrected chi connectivity index (χ3v) is 3.90. The Morgan fingerprint density at radius 3 is 2.63 bits per heavy atom. The molecule has 0 saturated heterocycles. The van der Waals surface area contributed by atoms with Gasteiger partial charge in [-0.15, -0.1) is 5.10 Å². The van der Waals surface area contributed by atoms with Gasteiger partial charge < -0.3 is 5.73 Å². The molecule has 0 amide bonds. The van der Waals surface area contributed by atoms with Gasteiger partial charge in [-0.1, -0.05) is 11.8 Å². The first-order valence-corrected chi connectivity index (χ1v) is 6.50. The van der Waals surface area contributed by atoms with Gasteiger partial charge in [0.05, 0.1) is 10.6 Å². The Hall–Kier alpha value is -1.53. The highest BCUT2D eigenvalue weighted by Gasteiger charge is 2.13. The highest BCUT2D eigenvalue weighted by atomic mass is 32.2. The first kappa shape index (κ1) is 13.9. The van der Waals surface area contributed by atoms with E-state index in [-0.39, 0.29) is 11.4 Å². The maximum absolute atomic E-state index is 13.6. The fourth-order valence-corrected chi connectivity index (χ4v) is 2.60. The standard InChI is InChI=1S/C13H13F2N3S/c1-7-8(2)17-18-13(10(7)6-16)19-12-5-9(14)3-4-11(12)15/h3-5H,6,16H2,1-2H3. The molecule has 1 heterocycles. The van der Waals surface area contributed by atoms with Crippen LogP contribution in [0.5, 0.6) is 0 Å². The fourth-order valence-electron chi connectivity index (χ4n) is 1.62. The lowest BCUT2D eigenvalue weighted by Crippen LogP contribution is -2.07. The monoisotopic (exact) mass is 281 g/mol. The van der Waals surface area contributed by atoms with Gasteiger partial charge in [0.15, 0.2) is 0 Å². The Labute approximate surface area is 114 Å². The third kappa shape index (κ3) is 2.90. The van der Waals surface area contributed by atoms with Crippen LogP contribution in [0.4, 0.5) is 8.78 Å². The van der Waals surface area contributed by atoms with Gasteiger partial charge in [-0.3, -0.25) is 0 Å². The van der Waals surface area contributed by atoms with Crippen LogP contribution in [0.1, 0.15) is 16.8 Å². The predicted molar refractivity (Wildman–Crippen MR) is 69.9 cm³/mol. The summed E-state index contributed by atoms with van der Waals surface area (Å²) >= 11 is 1.03. The summed E-state index contributed by atoms with van der Waals surface area (Å²) in [4.78, 5) is 0.173. The second-order valence-electron chi connectivity index (χ2n) is 4.08. The molecule has 3 nitrogen and oxygen atoms in total. The van der Waals surface area contributed by atoms with Crippen molar-refractivity contribution in [1.82, 2.24) is 10.2 Å². The Balaban J connectivity index is 2.43. The van der Waals surface area contributed by atoms with Crippen LogP contribution in [0, 0.1) is 25.5 Å². The molecule has 0 spiro atoms. The van der Waals surface area contributed by atoms with Crippen LogP contribution in [-0.4, -0.2) is 10.2 Å². The van der Waals surface area contributed by atoms with E-state index in [1.54, 1.807) is 0 Å². The minimum absolute atomic E-state index is 0.173. The fraction of sp³-hybridized carbons (Fsp3) is 0.231. The molecule has 0 atom stereocenters. The summed E-state index contributed by atoms with van der Waals surface area (Å²) in [6.07, 6.45) is 0. The number of hydrogen-bond donors (Lipinski definition) is 1. The summed E-state index contributed by atoms with van der Waals surface area (Å²) in [7, 11) is 0. The second-order valence-corrected chi connectivity index (χ2v) is 5.11. The van der Waals surface area contributed by atoms with Gasteiger partial charge in [0.2, 0.25) is 0 Å². The van der Waals surface area contributed by atoms with Crippen LogP contribution in [0.2, 0.25) is 0 Å². The number of nitrogens with two attached hydrogens (primary N) is 1. The van der Waals surface area contributed by atoms with Crippen LogP contribution in [-0.2, 0) is 6.54 Å². The number of aryl methyl sites for hydroxylation is 1. The largest absolute Gasteiger partial charge is 0.326 e. The first-order valence-electron chi connectivity index (χ1n) is 5.68. The molecule has 0 bridgehead atoms. The normalized spacial score (nSPS) is 10.8. The Morgan fingerprint density at radius 2 is 1.95 bits per heavy atom. The molecule has 0 aliphatic rings. The van der Waals surface area contributed by atoms with Gasteiger partial charge in [0, 0.05) is 12.1 Å². The maximum atomic E-state index is 13.6. The molecule has 1 aromatic heterocycles. The van der Waals surface area contributed by atoms with Crippen LogP contribution < -0.4 is 5.73 Å². The Bertz CT molecular complexity index is 617. The van der Waals surface area contributed by atoms with Crippen LogP contribution in [0.15, 0.2) is 28.1 Å². The molecule has 6 heteroatoms. The van der Waals surface area contributed by atoms with Gasteiger partial charge >= 0.3 is 0 Å². The van der Waals surface area contributed by atoms with Crippen molar-refractivity contribution in [2.45, 2.75) is 30.3 Å². The Kier molecular flexibility index (Phi) is 4.11.